The molecule has 0 N–H and O–H groups in total. The summed E-state index contributed by atoms with van der Waals surface area (Å²) < 4.78 is 26.5. The van der Waals surface area contributed by atoms with E-state index in [1.807, 2.05) is 30.3 Å². The Morgan fingerprint density at radius 1 is 1.06 bits per heavy atom. The summed E-state index contributed by atoms with van der Waals surface area (Å²) in [6.07, 6.45) is 2.89. The molecule has 0 amide bonds. The lowest BCUT2D eigenvalue weighted by Gasteiger charge is -2.19. The smallest absolute Gasteiger partial charge is 0.168 e. The quantitative estimate of drug-likeness (QED) is 0.314. The van der Waals surface area contributed by atoms with Crippen molar-refractivity contribution in [3.63, 3.8) is 0 Å². The van der Waals surface area contributed by atoms with Crippen LogP contribution < -0.4 is 14.3 Å². The first-order valence-electron chi connectivity index (χ1n) is 9.43. The topological polar surface area (TPSA) is 45.5 Å². The van der Waals surface area contributed by atoms with Gasteiger partial charge in [-0.2, -0.15) is 4.73 Å². The fourth-order valence-corrected chi connectivity index (χ4v) is 4.16. The molecule has 2 heterocycles. The van der Waals surface area contributed by atoms with Gasteiger partial charge in [0.15, 0.2) is 17.6 Å². The minimum absolute atomic E-state index is 0.0589. The highest BCUT2D eigenvalue weighted by atomic mass is 35.5. The second-order valence-electron chi connectivity index (χ2n) is 6.82. The van der Waals surface area contributed by atoms with Gasteiger partial charge in [-0.1, -0.05) is 35.3 Å². The molecule has 0 saturated heterocycles. The number of ether oxygens (including phenoxy) is 2. The number of benzene rings is 2. The van der Waals surface area contributed by atoms with Gasteiger partial charge in [0.2, 0.25) is 0 Å². The largest absolute Gasteiger partial charge is 0.493 e. The molecule has 31 heavy (non-hydrogen) atoms. The van der Waals surface area contributed by atoms with Crippen LogP contribution in [-0.2, 0) is 0 Å². The maximum absolute atomic E-state index is 13.9. The zero-order valence-electron chi connectivity index (χ0n) is 17.0. The van der Waals surface area contributed by atoms with Crippen LogP contribution in [0.15, 0.2) is 54.9 Å². The zero-order chi connectivity index (χ0) is 22.1. The molecule has 1 unspecified atom stereocenters. The molecule has 0 aliphatic rings. The normalized spacial score (nSPS) is 12.1. The fraction of sp³-hybridized carbons (Fsp3) is 0.174. The Bertz CT molecular complexity index is 1260. The van der Waals surface area contributed by atoms with Crippen molar-refractivity contribution in [2.75, 3.05) is 14.2 Å². The molecule has 0 aliphatic carbocycles. The third-order valence-corrected chi connectivity index (χ3v) is 5.69. The summed E-state index contributed by atoms with van der Waals surface area (Å²) in [7, 11) is 3.18. The van der Waals surface area contributed by atoms with Crippen LogP contribution in [0.5, 0.6) is 11.5 Å². The summed E-state index contributed by atoms with van der Waals surface area (Å²) in [6, 6.07) is 12.1. The summed E-state index contributed by atoms with van der Waals surface area (Å²) in [5, 5.41) is 0.270. The van der Waals surface area contributed by atoms with E-state index in [1.165, 1.54) is 12.1 Å². The summed E-state index contributed by atoms with van der Waals surface area (Å²) in [5.41, 5.74) is 3.48. The Balaban J connectivity index is 1.75. The minimum Gasteiger partial charge on any atom is -0.493 e. The molecule has 2 aromatic heterocycles. The molecular weight excluding hydrogens is 442 g/mol. The molecule has 4 aromatic rings. The molecule has 4 rings (SSSR count). The van der Waals surface area contributed by atoms with Crippen molar-refractivity contribution in [3.05, 3.63) is 76.3 Å². The Hall–Kier alpha value is -2.96. The number of aromatic nitrogens is 2. The van der Waals surface area contributed by atoms with Crippen LogP contribution in [0.25, 0.3) is 22.2 Å². The van der Waals surface area contributed by atoms with Gasteiger partial charge in [-0.15, -0.1) is 0 Å². The van der Waals surface area contributed by atoms with E-state index in [1.54, 1.807) is 38.3 Å². The van der Waals surface area contributed by atoms with Crippen molar-refractivity contribution in [2.45, 2.75) is 13.0 Å². The van der Waals surface area contributed by atoms with E-state index in [4.69, 9.17) is 37.5 Å². The average Bonchev–Trinajstić information content (AvgIpc) is 3.17. The first-order chi connectivity index (χ1) is 14.9. The highest BCUT2D eigenvalue weighted by molar-refractivity contribution is 6.36. The average molecular weight is 461 g/mol. The molecule has 0 aliphatic heterocycles. The van der Waals surface area contributed by atoms with Gasteiger partial charge in [-0.25, -0.2) is 4.39 Å². The second kappa shape index (κ2) is 8.65. The molecule has 0 spiro atoms. The predicted octanol–water partition coefficient (Wildman–Crippen LogP) is 6.36. The van der Waals surface area contributed by atoms with E-state index in [2.05, 4.69) is 4.98 Å². The maximum Gasteiger partial charge on any atom is 0.168 e. The molecular formula is C23H19Cl2FN2O3. The van der Waals surface area contributed by atoms with Gasteiger partial charge >= 0.3 is 0 Å². The van der Waals surface area contributed by atoms with Crippen LogP contribution in [0.4, 0.5) is 4.39 Å². The molecule has 0 fully saturated rings. The van der Waals surface area contributed by atoms with Crippen LogP contribution >= 0.6 is 23.2 Å². The second-order valence-corrected chi connectivity index (χ2v) is 7.60. The zero-order valence-corrected chi connectivity index (χ0v) is 18.5. The number of fused-ring (bicyclic) bond motifs is 1. The van der Waals surface area contributed by atoms with E-state index in [-0.39, 0.29) is 5.02 Å². The monoisotopic (exact) mass is 460 g/mol. The van der Waals surface area contributed by atoms with Crippen LogP contribution in [-0.4, -0.2) is 23.9 Å². The van der Waals surface area contributed by atoms with E-state index in [0.717, 1.165) is 22.2 Å². The van der Waals surface area contributed by atoms with Crippen molar-refractivity contribution in [1.82, 2.24) is 9.71 Å². The number of nitrogens with zero attached hydrogens (tertiary/aromatic N) is 2. The molecule has 8 heteroatoms. The van der Waals surface area contributed by atoms with Crippen molar-refractivity contribution >= 4 is 34.2 Å². The number of para-hydroxylation sites is 1. The molecule has 5 nitrogen and oxygen atoms in total. The van der Waals surface area contributed by atoms with Crippen molar-refractivity contribution < 1.29 is 18.7 Å². The van der Waals surface area contributed by atoms with Crippen LogP contribution in [0, 0.1) is 5.82 Å². The molecule has 160 valence electrons. The predicted molar refractivity (Wildman–Crippen MR) is 120 cm³/mol. The summed E-state index contributed by atoms with van der Waals surface area (Å²) in [4.78, 5) is 10.6. The molecule has 2 aromatic carbocycles. The number of methoxy groups -OCH3 is 2. The van der Waals surface area contributed by atoms with E-state index in [9.17, 15) is 4.39 Å². The van der Waals surface area contributed by atoms with Crippen molar-refractivity contribution in [1.29, 1.82) is 0 Å². The Labute approximate surface area is 188 Å². The van der Waals surface area contributed by atoms with Gasteiger partial charge in [0.25, 0.3) is 0 Å². The summed E-state index contributed by atoms with van der Waals surface area (Å²) in [6.45, 7) is 1.75. The molecule has 1 atom stereocenters. The van der Waals surface area contributed by atoms with Gasteiger partial charge < -0.3 is 14.3 Å². The standard InChI is InChI=1S/C23H19Cl2FN2O3/c1-13(21-16(24)7-8-17(26)22(21)25)31-28-10-9-18-19(28)11-14(12-27-18)15-5-4-6-20(29-2)23(15)30-3/h4-13H,1-3H3. The highest BCUT2D eigenvalue weighted by Crippen LogP contribution is 2.38. The number of hydrogen-bond donors (Lipinski definition) is 0. The maximum atomic E-state index is 13.9. The van der Waals surface area contributed by atoms with E-state index < -0.39 is 11.9 Å². The molecule has 0 saturated carbocycles. The Kier molecular flexibility index (Phi) is 5.94. The lowest BCUT2D eigenvalue weighted by molar-refractivity contribution is 0.0562. The van der Waals surface area contributed by atoms with Crippen molar-refractivity contribution in [2.24, 2.45) is 0 Å². The van der Waals surface area contributed by atoms with Crippen molar-refractivity contribution in [3.8, 4) is 22.6 Å². The fourth-order valence-electron chi connectivity index (χ4n) is 3.48. The van der Waals surface area contributed by atoms with Gasteiger partial charge in [-0.05, 0) is 37.3 Å². The lowest BCUT2D eigenvalue weighted by atomic mass is 10.1. The summed E-state index contributed by atoms with van der Waals surface area (Å²) in [5.74, 6) is 0.676. The first-order valence-corrected chi connectivity index (χ1v) is 10.2. The summed E-state index contributed by atoms with van der Waals surface area (Å²) >= 11 is 12.4. The van der Waals surface area contributed by atoms with E-state index >= 15 is 0 Å². The van der Waals surface area contributed by atoms with Gasteiger partial charge in [0, 0.05) is 34.1 Å². The van der Waals surface area contributed by atoms with Gasteiger partial charge in [0.1, 0.15) is 11.3 Å². The SMILES string of the molecule is COc1cccc(-c2cnc3ccn(OC(C)c4c(Cl)ccc(F)c4Cl)c3c2)c1OC. The third kappa shape index (κ3) is 3.89. The number of rotatable bonds is 6. The molecule has 0 bridgehead atoms. The number of pyridine rings is 1. The highest BCUT2D eigenvalue weighted by Gasteiger charge is 2.20. The Morgan fingerprint density at radius 3 is 2.61 bits per heavy atom. The number of halogens is 3. The van der Waals surface area contributed by atoms with Crippen LogP contribution in [0.3, 0.4) is 0 Å². The lowest BCUT2D eigenvalue weighted by Crippen LogP contribution is -2.16. The van der Waals surface area contributed by atoms with Gasteiger partial charge in [0.05, 0.1) is 24.8 Å². The first kappa shape index (κ1) is 21.3. The third-order valence-electron chi connectivity index (χ3n) is 4.97. The minimum atomic E-state index is -0.610. The van der Waals surface area contributed by atoms with Gasteiger partial charge in [-0.3, -0.25) is 4.98 Å². The van der Waals surface area contributed by atoms with E-state index in [0.29, 0.717) is 22.1 Å². The van der Waals surface area contributed by atoms with Crippen LogP contribution in [0.2, 0.25) is 10.0 Å². The van der Waals surface area contributed by atoms with Crippen LogP contribution in [0.1, 0.15) is 18.6 Å². The number of hydrogen-bond acceptors (Lipinski definition) is 4. The molecule has 0 radical (unpaired) electrons. The Morgan fingerprint density at radius 2 is 1.87 bits per heavy atom.